The number of rotatable bonds is 13. The van der Waals surface area contributed by atoms with Gasteiger partial charge in [0.1, 0.15) is 5.75 Å². The van der Waals surface area contributed by atoms with Crippen molar-refractivity contribution in [2.24, 2.45) is 0 Å². The number of amides is 1. The van der Waals surface area contributed by atoms with E-state index in [1.165, 1.54) is 5.56 Å². The quantitative estimate of drug-likeness (QED) is 0.329. The van der Waals surface area contributed by atoms with E-state index >= 15 is 0 Å². The van der Waals surface area contributed by atoms with Gasteiger partial charge in [-0.3, -0.25) is 4.79 Å². The lowest BCUT2D eigenvalue weighted by Crippen LogP contribution is -2.25. The molecule has 0 atom stereocenters. The monoisotopic (exact) mass is 462 g/mol. The smallest absolute Gasteiger partial charge is 0.251 e. The van der Waals surface area contributed by atoms with Crippen LogP contribution in [0.4, 0.5) is 0 Å². The topological polar surface area (TPSA) is 41.6 Å². The molecule has 1 amide bonds. The molecule has 0 unspecified atom stereocenters. The lowest BCUT2D eigenvalue weighted by Gasteiger charge is -2.14. The minimum atomic E-state index is -0.00540. The van der Waals surface area contributed by atoms with E-state index in [-0.39, 0.29) is 5.91 Å². The van der Waals surface area contributed by atoms with Crippen molar-refractivity contribution in [3.05, 3.63) is 90.0 Å². The first-order valence-electron chi connectivity index (χ1n) is 11.5. The predicted molar refractivity (Wildman–Crippen MR) is 140 cm³/mol. The highest BCUT2D eigenvalue weighted by Gasteiger charge is 2.14. The summed E-state index contributed by atoms with van der Waals surface area (Å²) < 4.78 is 5.80. The highest BCUT2D eigenvalue weighted by Crippen LogP contribution is 2.29. The van der Waals surface area contributed by atoms with Gasteiger partial charge in [-0.15, -0.1) is 0 Å². The summed E-state index contributed by atoms with van der Waals surface area (Å²) in [7, 11) is 4.14. The van der Waals surface area contributed by atoms with Crippen molar-refractivity contribution in [1.29, 1.82) is 0 Å². The fraction of sp³-hybridized carbons (Fsp3) is 0.321. The number of thioether (sulfide) groups is 1. The predicted octanol–water partition coefficient (Wildman–Crippen LogP) is 5.74. The summed E-state index contributed by atoms with van der Waals surface area (Å²) in [4.78, 5) is 15.1. The number of hydrogen-bond acceptors (Lipinski definition) is 4. The van der Waals surface area contributed by atoms with Gasteiger partial charge in [0.15, 0.2) is 0 Å². The van der Waals surface area contributed by atoms with Crippen LogP contribution in [0.15, 0.2) is 78.9 Å². The van der Waals surface area contributed by atoms with E-state index in [9.17, 15) is 4.79 Å². The molecule has 0 spiro atoms. The maximum Gasteiger partial charge on any atom is 0.251 e. The minimum absolute atomic E-state index is 0.00540. The van der Waals surface area contributed by atoms with Gasteiger partial charge < -0.3 is 15.0 Å². The molecule has 0 saturated heterocycles. The molecule has 0 heterocycles. The average molecular weight is 463 g/mol. The Morgan fingerprint density at radius 1 is 0.879 bits per heavy atom. The van der Waals surface area contributed by atoms with Gasteiger partial charge in [-0.25, -0.2) is 0 Å². The third kappa shape index (κ3) is 8.26. The van der Waals surface area contributed by atoms with E-state index in [1.807, 2.05) is 72.4 Å². The number of hydrogen-bond donors (Lipinski definition) is 1. The van der Waals surface area contributed by atoms with Crippen molar-refractivity contribution in [3.63, 3.8) is 0 Å². The van der Waals surface area contributed by atoms with Crippen LogP contribution in [0.2, 0.25) is 0 Å². The van der Waals surface area contributed by atoms with Crippen LogP contribution >= 0.6 is 11.8 Å². The summed E-state index contributed by atoms with van der Waals surface area (Å²) in [6, 6.07) is 26.2. The van der Waals surface area contributed by atoms with Crippen molar-refractivity contribution >= 4 is 17.7 Å². The molecule has 0 bridgehead atoms. The fourth-order valence-electron chi connectivity index (χ4n) is 3.59. The maximum absolute atomic E-state index is 12.9. The minimum Gasteiger partial charge on any atom is -0.493 e. The van der Waals surface area contributed by atoms with Crippen molar-refractivity contribution in [2.45, 2.75) is 18.6 Å². The number of carbonyl (C=O) groups is 1. The first kappa shape index (κ1) is 24.9. The van der Waals surface area contributed by atoms with Crippen molar-refractivity contribution < 1.29 is 9.53 Å². The van der Waals surface area contributed by atoms with Crippen molar-refractivity contribution in [3.8, 4) is 16.9 Å². The number of ether oxygens (including phenoxy) is 1. The molecule has 1 N–H and O–H groups in total. The number of nitrogens with one attached hydrogen (secondary N) is 1. The molecule has 0 aromatic heterocycles. The van der Waals surface area contributed by atoms with Gasteiger partial charge in [-0.1, -0.05) is 60.7 Å². The number of nitrogens with zero attached hydrogens (tertiary/aromatic N) is 1. The van der Waals surface area contributed by atoms with Gasteiger partial charge in [0, 0.05) is 23.6 Å². The van der Waals surface area contributed by atoms with E-state index < -0.39 is 0 Å². The van der Waals surface area contributed by atoms with Gasteiger partial charge in [0.25, 0.3) is 5.91 Å². The van der Waals surface area contributed by atoms with Crippen LogP contribution in [0.3, 0.4) is 0 Å². The average Bonchev–Trinajstić information content (AvgIpc) is 2.84. The van der Waals surface area contributed by atoms with Gasteiger partial charge >= 0.3 is 0 Å². The van der Waals surface area contributed by atoms with Crippen LogP contribution in [-0.2, 0) is 5.75 Å². The van der Waals surface area contributed by atoms with Gasteiger partial charge in [-0.2, -0.15) is 11.8 Å². The van der Waals surface area contributed by atoms with Crippen LogP contribution in [-0.4, -0.2) is 50.4 Å². The Kier molecular flexibility index (Phi) is 10.3. The molecule has 5 heteroatoms. The lowest BCUT2D eigenvalue weighted by molar-refractivity contribution is 0.0953. The summed E-state index contributed by atoms with van der Waals surface area (Å²) in [5.41, 5.74) is 4.07. The summed E-state index contributed by atoms with van der Waals surface area (Å²) in [6.07, 6.45) is 2.05. The lowest BCUT2D eigenvalue weighted by atomic mass is 9.95. The van der Waals surface area contributed by atoms with E-state index in [1.54, 1.807) is 0 Å². The van der Waals surface area contributed by atoms with E-state index in [4.69, 9.17) is 4.74 Å². The molecule has 0 radical (unpaired) electrons. The number of carbonyl (C=O) groups excluding carboxylic acids is 1. The molecule has 0 fully saturated rings. The summed E-state index contributed by atoms with van der Waals surface area (Å²) in [6.45, 7) is 2.40. The highest BCUT2D eigenvalue weighted by molar-refractivity contribution is 7.98. The Bertz CT molecular complexity index is 992. The molecule has 3 rings (SSSR count). The molecule has 33 heavy (non-hydrogen) atoms. The molecule has 0 aliphatic carbocycles. The Morgan fingerprint density at radius 2 is 1.58 bits per heavy atom. The number of para-hydroxylation sites is 1. The van der Waals surface area contributed by atoms with E-state index in [2.05, 4.69) is 42.5 Å². The largest absolute Gasteiger partial charge is 0.493 e. The molecule has 3 aromatic rings. The van der Waals surface area contributed by atoms with Crippen molar-refractivity contribution in [2.75, 3.05) is 39.5 Å². The summed E-state index contributed by atoms with van der Waals surface area (Å²) >= 11 is 1.84. The van der Waals surface area contributed by atoms with E-state index in [0.717, 1.165) is 53.3 Å². The molecule has 0 aliphatic heterocycles. The Hall–Kier alpha value is -2.76. The fourth-order valence-corrected chi connectivity index (χ4v) is 4.41. The van der Waals surface area contributed by atoms with Crippen LogP contribution in [0.1, 0.15) is 28.8 Å². The normalized spacial score (nSPS) is 10.9. The molecule has 0 saturated carbocycles. The first-order valence-corrected chi connectivity index (χ1v) is 12.7. The molecular formula is C28H34N2O2S. The molecule has 0 aliphatic rings. The summed E-state index contributed by atoms with van der Waals surface area (Å²) in [5.74, 6) is 2.67. The van der Waals surface area contributed by atoms with Gasteiger partial charge in [-0.05, 0) is 68.4 Å². The Morgan fingerprint density at radius 3 is 2.36 bits per heavy atom. The van der Waals surface area contributed by atoms with Gasteiger partial charge in [0.05, 0.1) is 6.61 Å². The zero-order chi connectivity index (χ0) is 23.3. The molecule has 3 aromatic carbocycles. The number of benzene rings is 3. The standard InChI is InChI=1S/C28H34N2O2S/c1-30(2)19-11-10-18-29-28(31)27-17-9-8-16-26(27)25-15-7-6-12-23(25)22-33-21-20-32-24-13-4-3-5-14-24/h3-9,12-17H,10-11,18-22H2,1-2H3,(H,29,31). The van der Waals surface area contributed by atoms with Crippen molar-refractivity contribution in [1.82, 2.24) is 10.2 Å². The van der Waals surface area contributed by atoms with E-state index in [0.29, 0.717) is 13.2 Å². The molecular weight excluding hydrogens is 428 g/mol. The second kappa shape index (κ2) is 13.7. The zero-order valence-corrected chi connectivity index (χ0v) is 20.4. The van der Waals surface area contributed by atoms with Crippen LogP contribution in [0.5, 0.6) is 5.75 Å². The Balaban J connectivity index is 1.58. The van der Waals surface area contributed by atoms with Crippen LogP contribution in [0.25, 0.3) is 11.1 Å². The third-order valence-electron chi connectivity index (χ3n) is 5.29. The second-order valence-electron chi connectivity index (χ2n) is 8.18. The zero-order valence-electron chi connectivity index (χ0n) is 19.6. The molecule has 4 nitrogen and oxygen atoms in total. The third-order valence-corrected chi connectivity index (χ3v) is 6.26. The number of unbranched alkanes of at least 4 members (excludes halogenated alkanes) is 1. The van der Waals surface area contributed by atoms with Crippen LogP contribution in [0, 0.1) is 0 Å². The maximum atomic E-state index is 12.9. The SMILES string of the molecule is CN(C)CCCCNC(=O)c1ccccc1-c1ccccc1CSCCOc1ccccc1. The summed E-state index contributed by atoms with van der Waals surface area (Å²) in [5, 5.41) is 3.10. The Labute approximate surface area is 202 Å². The van der Waals surface area contributed by atoms with Gasteiger partial charge in [0.2, 0.25) is 0 Å². The van der Waals surface area contributed by atoms with Crippen LogP contribution < -0.4 is 10.1 Å². The highest BCUT2D eigenvalue weighted by atomic mass is 32.2. The first-order chi connectivity index (χ1) is 16.1. The molecule has 174 valence electrons. The second-order valence-corrected chi connectivity index (χ2v) is 9.29.